The zero-order valence-electron chi connectivity index (χ0n) is 6.32. The van der Waals surface area contributed by atoms with Crippen molar-refractivity contribution in [3.63, 3.8) is 0 Å². The maximum Gasteiger partial charge on any atom is 0.0346 e. The number of nitrogens with zero attached hydrogens (tertiary/aromatic N) is 2. The van der Waals surface area contributed by atoms with Crippen LogP contribution in [0.25, 0.3) is 0 Å². The highest BCUT2D eigenvalue weighted by atomic mass is 32.1. The van der Waals surface area contributed by atoms with Crippen molar-refractivity contribution in [1.82, 2.24) is 9.21 Å². The molecular formula is C7H14N2S. The van der Waals surface area contributed by atoms with Gasteiger partial charge in [-0.25, -0.2) is 4.31 Å². The Balaban J connectivity index is 1.93. The Morgan fingerprint density at radius 3 is 2.40 bits per heavy atom. The van der Waals surface area contributed by atoms with Crippen molar-refractivity contribution in [3.8, 4) is 0 Å². The van der Waals surface area contributed by atoms with Crippen molar-refractivity contribution in [2.45, 2.75) is 25.4 Å². The molecule has 3 heterocycles. The van der Waals surface area contributed by atoms with Crippen LogP contribution in [0.4, 0.5) is 0 Å². The largest absolute Gasteiger partial charge is 0.300 e. The Morgan fingerprint density at radius 1 is 1.40 bits per heavy atom. The van der Waals surface area contributed by atoms with Crippen LogP contribution in [-0.2, 0) is 0 Å². The summed E-state index contributed by atoms with van der Waals surface area (Å²) in [6.45, 7) is 5.90. The zero-order valence-corrected chi connectivity index (χ0v) is 7.22. The summed E-state index contributed by atoms with van der Waals surface area (Å²) in [6.07, 6.45) is 1.38. The highest BCUT2D eigenvalue weighted by molar-refractivity contribution is 7.77. The van der Waals surface area contributed by atoms with E-state index in [0.29, 0.717) is 0 Å². The van der Waals surface area contributed by atoms with Crippen LogP contribution in [0.15, 0.2) is 0 Å². The predicted molar refractivity (Wildman–Crippen MR) is 45.1 cm³/mol. The van der Waals surface area contributed by atoms with Crippen molar-refractivity contribution >= 4 is 12.8 Å². The SMILES string of the molecule is CCN1CC2CC(C1)N2S. The molecule has 10 heavy (non-hydrogen) atoms. The lowest BCUT2D eigenvalue weighted by Crippen LogP contribution is -2.64. The molecule has 0 aromatic carbocycles. The van der Waals surface area contributed by atoms with E-state index in [2.05, 4.69) is 28.9 Å². The first kappa shape index (κ1) is 6.95. The molecule has 3 fully saturated rings. The number of thiol groups is 1. The second-order valence-corrected chi connectivity index (χ2v) is 3.74. The second kappa shape index (κ2) is 2.40. The summed E-state index contributed by atoms with van der Waals surface area (Å²) in [5.41, 5.74) is 0. The third kappa shape index (κ3) is 0.881. The molecule has 0 saturated carbocycles. The first-order valence-electron chi connectivity index (χ1n) is 4.01. The van der Waals surface area contributed by atoms with Crippen molar-refractivity contribution in [2.24, 2.45) is 0 Å². The van der Waals surface area contributed by atoms with E-state index in [1.165, 1.54) is 26.1 Å². The fourth-order valence-corrected chi connectivity index (χ4v) is 2.27. The van der Waals surface area contributed by atoms with Crippen LogP contribution in [0.3, 0.4) is 0 Å². The standard InChI is InChI=1S/C7H14N2S/c1-2-8-4-6-3-7(5-8)9(6)10/h6-7,10H,2-5H2,1H3. The third-order valence-corrected chi connectivity index (χ3v) is 3.33. The Bertz CT molecular complexity index is 128. The van der Waals surface area contributed by atoms with Gasteiger partial charge in [-0.2, -0.15) is 0 Å². The average molecular weight is 158 g/mol. The molecule has 2 nitrogen and oxygen atoms in total. The summed E-state index contributed by atoms with van der Waals surface area (Å²) in [5, 5.41) is 0. The van der Waals surface area contributed by atoms with Crippen molar-refractivity contribution < 1.29 is 0 Å². The molecule has 2 unspecified atom stereocenters. The number of fused-ring (bicyclic) bond motifs is 2. The minimum absolute atomic E-state index is 0.752. The van der Waals surface area contributed by atoms with E-state index in [4.69, 9.17) is 0 Å². The molecule has 0 aliphatic carbocycles. The third-order valence-electron chi connectivity index (χ3n) is 2.68. The smallest absolute Gasteiger partial charge is 0.0346 e. The summed E-state index contributed by atoms with van der Waals surface area (Å²) in [4.78, 5) is 2.51. The lowest BCUT2D eigenvalue weighted by molar-refractivity contribution is 0.00556. The normalized spacial score (nSPS) is 41.4. The van der Waals surface area contributed by atoms with E-state index >= 15 is 0 Å². The molecule has 3 rings (SSSR count). The molecular weight excluding hydrogens is 144 g/mol. The zero-order chi connectivity index (χ0) is 7.14. The lowest BCUT2D eigenvalue weighted by Gasteiger charge is -2.53. The molecule has 0 radical (unpaired) electrons. The molecule has 0 amide bonds. The fraction of sp³-hybridized carbons (Fsp3) is 1.00. The van der Waals surface area contributed by atoms with Gasteiger partial charge in [0.1, 0.15) is 0 Å². The molecule has 3 aliphatic rings. The number of rotatable bonds is 1. The molecule has 0 spiro atoms. The van der Waals surface area contributed by atoms with Gasteiger partial charge in [0.2, 0.25) is 0 Å². The monoisotopic (exact) mass is 158 g/mol. The van der Waals surface area contributed by atoms with E-state index < -0.39 is 0 Å². The first-order valence-corrected chi connectivity index (χ1v) is 4.41. The lowest BCUT2D eigenvalue weighted by atomic mass is 9.91. The minimum Gasteiger partial charge on any atom is -0.300 e. The van der Waals surface area contributed by atoms with Gasteiger partial charge >= 0.3 is 0 Å². The van der Waals surface area contributed by atoms with Crippen LogP contribution in [0, 0.1) is 0 Å². The first-order chi connectivity index (χ1) is 4.81. The van der Waals surface area contributed by atoms with Crippen LogP contribution in [-0.4, -0.2) is 40.9 Å². The average Bonchev–Trinajstić information content (AvgIpc) is 2.04. The van der Waals surface area contributed by atoms with Crippen molar-refractivity contribution in [3.05, 3.63) is 0 Å². The minimum atomic E-state index is 0.752. The van der Waals surface area contributed by atoms with Crippen molar-refractivity contribution in [1.29, 1.82) is 0 Å². The number of likely N-dealkylation sites (N-methyl/N-ethyl adjacent to an activating group) is 1. The molecule has 58 valence electrons. The van der Waals surface area contributed by atoms with Gasteiger partial charge in [-0.15, -0.1) is 0 Å². The van der Waals surface area contributed by atoms with Gasteiger partial charge in [0, 0.05) is 25.2 Å². The fourth-order valence-electron chi connectivity index (χ4n) is 1.94. The van der Waals surface area contributed by atoms with Gasteiger partial charge in [0.15, 0.2) is 0 Å². The summed E-state index contributed by atoms with van der Waals surface area (Å²) < 4.78 is 2.21. The van der Waals surface area contributed by atoms with Gasteiger partial charge in [0.05, 0.1) is 0 Å². The quantitative estimate of drug-likeness (QED) is 0.559. The summed E-state index contributed by atoms with van der Waals surface area (Å²) >= 11 is 4.39. The van der Waals surface area contributed by atoms with Gasteiger partial charge in [-0.1, -0.05) is 19.7 Å². The van der Waals surface area contributed by atoms with Crippen LogP contribution in [0.1, 0.15) is 13.3 Å². The number of piperazine rings is 1. The van der Waals surface area contributed by atoms with E-state index in [9.17, 15) is 0 Å². The van der Waals surface area contributed by atoms with Gasteiger partial charge in [-0.3, -0.25) is 0 Å². The molecule has 3 aliphatic heterocycles. The Kier molecular flexibility index (Phi) is 1.66. The van der Waals surface area contributed by atoms with Crippen LogP contribution < -0.4 is 0 Å². The number of piperidine rings is 1. The molecule has 0 N–H and O–H groups in total. The maximum atomic E-state index is 4.39. The Morgan fingerprint density at radius 2 is 2.00 bits per heavy atom. The van der Waals surface area contributed by atoms with E-state index in [-0.39, 0.29) is 0 Å². The topological polar surface area (TPSA) is 6.48 Å². The van der Waals surface area contributed by atoms with Gasteiger partial charge < -0.3 is 4.90 Å². The van der Waals surface area contributed by atoms with Crippen LogP contribution in [0.5, 0.6) is 0 Å². The molecule has 3 saturated heterocycles. The van der Waals surface area contributed by atoms with Gasteiger partial charge in [-0.05, 0) is 13.0 Å². The number of hydrogen-bond donors (Lipinski definition) is 1. The Hall–Kier alpha value is 0.270. The van der Waals surface area contributed by atoms with Crippen LogP contribution >= 0.6 is 12.8 Å². The highest BCUT2D eigenvalue weighted by Gasteiger charge is 2.42. The summed E-state index contributed by atoms with van der Waals surface area (Å²) in [5.74, 6) is 0. The van der Waals surface area contributed by atoms with E-state index in [1.54, 1.807) is 0 Å². The molecule has 3 heteroatoms. The summed E-state index contributed by atoms with van der Waals surface area (Å²) in [7, 11) is 0. The van der Waals surface area contributed by atoms with Crippen molar-refractivity contribution in [2.75, 3.05) is 19.6 Å². The predicted octanol–water partition coefficient (Wildman–Crippen LogP) is 0.610. The second-order valence-electron chi connectivity index (χ2n) is 3.28. The highest BCUT2D eigenvalue weighted by Crippen LogP contribution is 2.33. The Labute approximate surface area is 67.7 Å². The maximum absolute atomic E-state index is 4.39. The number of hydrogen-bond acceptors (Lipinski definition) is 3. The van der Waals surface area contributed by atoms with E-state index in [0.717, 1.165) is 12.1 Å². The van der Waals surface area contributed by atoms with Gasteiger partial charge in [0.25, 0.3) is 0 Å². The summed E-state index contributed by atoms with van der Waals surface area (Å²) in [6, 6.07) is 1.50. The molecule has 0 aromatic heterocycles. The van der Waals surface area contributed by atoms with E-state index in [1.807, 2.05) is 0 Å². The molecule has 2 bridgehead atoms. The molecule has 0 aromatic rings. The molecule has 2 atom stereocenters. The van der Waals surface area contributed by atoms with Crippen LogP contribution in [0.2, 0.25) is 0 Å².